The van der Waals surface area contributed by atoms with Gasteiger partial charge in [-0.25, -0.2) is 0 Å². The molecule has 0 aromatic rings. The van der Waals surface area contributed by atoms with Crippen molar-refractivity contribution in [3.63, 3.8) is 0 Å². The minimum atomic E-state index is -0.647. The standard InChI is InChI=1S/C10H19NO4S.ClH/c1-3-14-9(12)7-8(11-5-6-16)10(13)15-4-2;/h8,11,16H,3-7H2,1-2H3;1H/t8-;/m0./s1. The Bertz CT molecular complexity index is 228. The highest BCUT2D eigenvalue weighted by Crippen LogP contribution is 1.99. The lowest BCUT2D eigenvalue weighted by Gasteiger charge is -2.15. The van der Waals surface area contributed by atoms with Crippen molar-refractivity contribution in [1.29, 1.82) is 0 Å². The summed E-state index contributed by atoms with van der Waals surface area (Å²) in [5.74, 6) is -0.261. The molecule has 0 spiro atoms. The number of hydrogen-bond acceptors (Lipinski definition) is 6. The Kier molecular flexibility index (Phi) is 13.3. The fourth-order valence-corrected chi connectivity index (χ4v) is 1.24. The number of carbonyl (C=O) groups is 2. The Hall–Kier alpha value is -0.460. The van der Waals surface area contributed by atoms with Crippen LogP contribution < -0.4 is 5.32 Å². The van der Waals surface area contributed by atoms with Crippen LogP contribution in [0.5, 0.6) is 0 Å². The van der Waals surface area contributed by atoms with Crippen molar-refractivity contribution in [3.05, 3.63) is 0 Å². The van der Waals surface area contributed by atoms with Gasteiger partial charge in [-0.2, -0.15) is 12.6 Å². The second-order valence-corrected chi connectivity index (χ2v) is 3.44. The second-order valence-electron chi connectivity index (χ2n) is 2.99. The highest BCUT2D eigenvalue weighted by molar-refractivity contribution is 7.80. The van der Waals surface area contributed by atoms with Crippen LogP contribution in [0.3, 0.4) is 0 Å². The van der Waals surface area contributed by atoms with Crippen molar-refractivity contribution in [1.82, 2.24) is 5.32 Å². The third-order valence-electron chi connectivity index (χ3n) is 1.75. The molecule has 0 radical (unpaired) electrons. The Morgan fingerprint density at radius 1 is 1.24 bits per heavy atom. The molecule has 0 heterocycles. The lowest BCUT2D eigenvalue weighted by atomic mass is 10.2. The first-order chi connectivity index (χ1) is 7.65. The SMILES string of the molecule is CCOC(=O)C[C@H](NCCS)C(=O)OCC.Cl. The van der Waals surface area contributed by atoms with Crippen LogP contribution in [0.4, 0.5) is 0 Å². The number of hydrogen-bond donors (Lipinski definition) is 2. The summed E-state index contributed by atoms with van der Waals surface area (Å²) in [4.78, 5) is 22.7. The molecule has 0 aromatic heterocycles. The van der Waals surface area contributed by atoms with E-state index in [1.165, 1.54) is 0 Å². The molecule has 1 atom stereocenters. The van der Waals surface area contributed by atoms with Gasteiger partial charge in [0.2, 0.25) is 0 Å². The molecule has 1 N–H and O–H groups in total. The summed E-state index contributed by atoms with van der Waals surface area (Å²) in [6.07, 6.45) is -0.0134. The number of esters is 2. The first-order valence-corrected chi connectivity index (χ1v) is 5.95. The van der Waals surface area contributed by atoms with Gasteiger partial charge in [0.15, 0.2) is 0 Å². The summed E-state index contributed by atoms with van der Waals surface area (Å²) < 4.78 is 9.62. The smallest absolute Gasteiger partial charge is 0.323 e. The van der Waals surface area contributed by atoms with Gasteiger partial charge in [0, 0.05) is 12.3 Å². The fraction of sp³-hybridized carbons (Fsp3) is 0.800. The molecule has 0 saturated heterocycles. The number of ether oxygens (including phenoxy) is 2. The third kappa shape index (κ3) is 9.26. The summed E-state index contributed by atoms with van der Waals surface area (Å²) in [5.41, 5.74) is 0. The second kappa shape index (κ2) is 12.0. The number of rotatable bonds is 8. The van der Waals surface area contributed by atoms with E-state index in [2.05, 4.69) is 17.9 Å². The third-order valence-corrected chi connectivity index (χ3v) is 1.97. The molecule has 5 nitrogen and oxygen atoms in total. The van der Waals surface area contributed by atoms with E-state index in [-0.39, 0.29) is 18.8 Å². The molecular formula is C10H20ClNO4S. The molecule has 7 heteroatoms. The Morgan fingerprint density at radius 3 is 2.29 bits per heavy atom. The van der Waals surface area contributed by atoms with Crippen LogP contribution in [-0.4, -0.2) is 43.5 Å². The number of thiol groups is 1. The molecule has 0 saturated carbocycles. The normalized spacial score (nSPS) is 11.2. The van der Waals surface area contributed by atoms with E-state index in [9.17, 15) is 9.59 Å². The molecule has 0 aromatic carbocycles. The zero-order chi connectivity index (χ0) is 12.4. The van der Waals surface area contributed by atoms with Crippen molar-refractivity contribution >= 4 is 37.0 Å². The predicted octanol–water partition coefficient (Wildman–Crippen LogP) is 0.812. The van der Waals surface area contributed by atoms with Gasteiger partial charge < -0.3 is 14.8 Å². The molecular weight excluding hydrogens is 266 g/mol. The van der Waals surface area contributed by atoms with E-state index >= 15 is 0 Å². The molecule has 0 aliphatic heterocycles. The molecule has 0 fully saturated rings. The van der Waals surface area contributed by atoms with Gasteiger partial charge in [0.1, 0.15) is 6.04 Å². The molecule has 0 amide bonds. The molecule has 0 rings (SSSR count). The van der Waals surface area contributed by atoms with E-state index < -0.39 is 18.0 Å². The predicted molar refractivity (Wildman–Crippen MR) is 70.8 cm³/mol. The minimum absolute atomic E-state index is 0. The van der Waals surface area contributed by atoms with Crippen molar-refractivity contribution < 1.29 is 19.1 Å². The topological polar surface area (TPSA) is 64.6 Å². The summed E-state index contributed by atoms with van der Waals surface area (Å²) in [7, 11) is 0. The maximum atomic E-state index is 11.5. The first-order valence-electron chi connectivity index (χ1n) is 5.32. The van der Waals surface area contributed by atoms with Crippen LogP contribution >= 0.6 is 25.0 Å². The van der Waals surface area contributed by atoms with Crippen LogP contribution in [0.15, 0.2) is 0 Å². The summed E-state index contributed by atoms with van der Waals surface area (Å²) >= 11 is 4.02. The zero-order valence-electron chi connectivity index (χ0n) is 10.1. The van der Waals surface area contributed by atoms with Crippen molar-refractivity contribution in [2.75, 3.05) is 25.5 Å². The van der Waals surface area contributed by atoms with E-state index in [1.807, 2.05) is 0 Å². The summed E-state index contributed by atoms with van der Waals surface area (Å²) in [5, 5.41) is 2.89. The van der Waals surface area contributed by atoms with Gasteiger partial charge in [0.05, 0.1) is 19.6 Å². The van der Waals surface area contributed by atoms with E-state index in [4.69, 9.17) is 9.47 Å². The molecule has 0 aliphatic carbocycles. The van der Waals surface area contributed by atoms with Crippen LogP contribution in [-0.2, 0) is 19.1 Å². The van der Waals surface area contributed by atoms with E-state index in [1.54, 1.807) is 13.8 Å². The van der Waals surface area contributed by atoms with Crippen molar-refractivity contribution in [2.24, 2.45) is 0 Å². The lowest BCUT2D eigenvalue weighted by molar-refractivity contribution is -0.152. The number of nitrogens with one attached hydrogen (secondary N) is 1. The molecule has 17 heavy (non-hydrogen) atoms. The Labute approximate surface area is 113 Å². The fourth-order valence-electron chi connectivity index (χ4n) is 1.11. The first kappa shape index (κ1) is 18.9. The number of carbonyl (C=O) groups excluding carboxylic acids is 2. The highest BCUT2D eigenvalue weighted by atomic mass is 35.5. The monoisotopic (exact) mass is 285 g/mol. The molecule has 0 aliphatic rings. The average Bonchev–Trinajstić information content (AvgIpc) is 2.24. The van der Waals surface area contributed by atoms with Gasteiger partial charge in [0.25, 0.3) is 0 Å². The molecule has 102 valence electrons. The molecule has 0 bridgehead atoms. The number of halogens is 1. The minimum Gasteiger partial charge on any atom is -0.466 e. The van der Waals surface area contributed by atoms with Crippen LogP contribution in [0.2, 0.25) is 0 Å². The maximum absolute atomic E-state index is 11.5. The zero-order valence-corrected chi connectivity index (χ0v) is 11.8. The van der Waals surface area contributed by atoms with E-state index in [0.29, 0.717) is 25.5 Å². The van der Waals surface area contributed by atoms with Gasteiger partial charge in [-0.3, -0.25) is 9.59 Å². The Balaban J connectivity index is 0. The van der Waals surface area contributed by atoms with Crippen LogP contribution in [0.25, 0.3) is 0 Å². The van der Waals surface area contributed by atoms with Gasteiger partial charge >= 0.3 is 11.9 Å². The van der Waals surface area contributed by atoms with Crippen molar-refractivity contribution in [3.8, 4) is 0 Å². The van der Waals surface area contributed by atoms with Crippen molar-refractivity contribution in [2.45, 2.75) is 26.3 Å². The van der Waals surface area contributed by atoms with Gasteiger partial charge in [-0.15, -0.1) is 12.4 Å². The summed E-state index contributed by atoms with van der Waals surface area (Å²) in [6, 6.07) is -0.647. The largest absolute Gasteiger partial charge is 0.466 e. The lowest BCUT2D eigenvalue weighted by Crippen LogP contribution is -2.41. The molecule has 0 unspecified atom stereocenters. The van der Waals surface area contributed by atoms with Crippen LogP contribution in [0, 0.1) is 0 Å². The van der Waals surface area contributed by atoms with E-state index in [0.717, 1.165) is 0 Å². The highest BCUT2D eigenvalue weighted by Gasteiger charge is 2.22. The quantitative estimate of drug-likeness (QED) is 0.510. The van der Waals surface area contributed by atoms with Gasteiger partial charge in [-0.05, 0) is 13.8 Å². The van der Waals surface area contributed by atoms with Gasteiger partial charge in [-0.1, -0.05) is 0 Å². The summed E-state index contributed by atoms with van der Waals surface area (Å²) in [6.45, 7) is 4.57. The van der Waals surface area contributed by atoms with Crippen LogP contribution in [0.1, 0.15) is 20.3 Å². The maximum Gasteiger partial charge on any atom is 0.323 e. The average molecular weight is 286 g/mol. The Morgan fingerprint density at radius 2 is 1.82 bits per heavy atom.